The predicted octanol–water partition coefficient (Wildman–Crippen LogP) is 2.83. The number of benzene rings is 1. The molecular formula is C22H34N4O3. The van der Waals surface area contributed by atoms with Crippen LogP contribution in [0.4, 0.5) is 4.79 Å². The number of nitrogens with two attached hydrogens (primary N) is 1. The quantitative estimate of drug-likeness (QED) is 0.476. The van der Waals surface area contributed by atoms with Gasteiger partial charge in [0, 0.05) is 6.54 Å². The predicted molar refractivity (Wildman–Crippen MR) is 113 cm³/mol. The minimum atomic E-state index is -0.869. The van der Waals surface area contributed by atoms with Gasteiger partial charge in [-0.1, -0.05) is 56.9 Å². The van der Waals surface area contributed by atoms with Crippen LogP contribution in [0.25, 0.3) is 0 Å². The summed E-state index contributed by atoms with van der Waals surface area (Å²) in [5, 5.41) is 8.66. The molecule has 5 N–H and O–H groups in total. The molecule has 29 heavy (non-hydrogen) atoms. The Bertz CT molecular complexity index is 714. The first-order valence-electron chi connectivity index (χ1n) is 10.6. The Labute approximate surface area is 173 Å². The molecule has 1 unspecified atom stereocenters. The molecule has 1 aromatic carbocycles. The highest BCUT2D eigenvalue weighted by Gasteiger charge is 2.40. The molecule has 0 bridgehead atoms. The first-order chi connectivity index (χ1) is 13.9. The van der Waals surface area contributed by atoms with Gasteiger partial charge in [-0.25, -0.2) is 4.79 Å². The normalized spacial score (nSPS) is 16.5. The lowest BCUT2D eigenvalue weighted by Crippen LogP contribution is -2.60. The van der Waals surface area contributed by atoms with E-state index < -0.39 is 17.6 Å². The van der Waals surface area contributed by atoms with Crippen molar-refractivity contribution in [2.24, 2.45) is 5.73 Å². The van der Waals surface area contributed by atoms with Gasteiger partial charge in [-0.15, -0.1) is 0 Å². The van der Waals surface area contributed by atoms with Gasteiger partial charge in [0.05, 0.1) is 12.5 Å². The summed E-state index contributed by atoms with van der Waals surface area (Å²) >= 11 is 0. The minimum Gasteiger partial charge on any atom is -0.354 e. The number of hydrogen-bond acceptors (Lipinski definition) is 3. The summed E-state index contributed by atoms with van der Waals surface area (Å²) in [6.45, 7) is 4.61. The van der Waals surface area contributed by atoms with Crippen LogP contribution in [0.3, 0.4) is 0 Å². The van der Waals surface area contributed by atoms with Crippen molar-refractivity contribution in [3.05, 3.63) is 35.4 Å². The highest BCUT2D eigenvalue weighted by molar-refractivity contribution is 5.92. The summed E-state index contributed by atoms with van der Waals surface area (Å²) in [7, 11) is 0. The fourth-order valence-corrected chi connectivity index (χ4v) is 4.00. The maximum atomic E-state index is 12.9. The van der Waals surface area contributed by atoms with Crippen molar-refractivity contribution in [2.75, 3.05) is 6.54 Å². The van der Waals surface area contributed by atoms with Crippen LogP contribution in [0.1, 0.15) is 75.5 Å². The van der Waals surface area contributed by atoms with Gasteiger partial charge >= 0.3 is 6.03 Å². The molecule has 2 rings (SSSR count). The van der Waals surface area contributed by atoms with E-state index in [0.717, 1.165) is 43.2 Å². The number of unbranched alkanes of at least 4 members (excludes halogenated alkanes) is 1. The maximum Gasteiger partial charge on any atom is 0.312 e. The van der Waals surface area contributed by atoms with Gasteiger partial charge < -0.3 is 21.7 Å². The zero-order valence-corrected chi connectivity index (χ0v) is 17.6. The molecule has 0 aliphatic heterocycles. The molecular weight excluding hydrogens is 368 g/mol. The minimum absolute atomic E-state index is 0.0256. The van der Waals surface area contributed by atoms with Crippen molar-refractivity contribution in [2.45, 2.75) is 76.8 Å². The largest absolute Gasteiger partial charge is 0.354 e. The first-order valence-corrected chi connectivity index (χ1v) is 10.6. The Morgan fingerprint density at radius 1 is 1.14 bits per heavy atom. The topological polar surface area (TPSA) is 113 Å². The molecule has 0 spiro atoms. The number of carbonyl (C=O) groups excluding carboxylic acids is 3. The summed E-state index contributed by atoms with van der Waals surface area (Å²) in [6, 6.07) is 6.33. The second-order valence-corrected chi connectivity index (χ2v) is 7.92. The van der Waals surface area contributed by atoms with E-state index in [-0.39, 0.29) is 18.2 Å². The van der Waals surface area contributed by atoms with Gasteiger partial charge in [0.1, 0.15) is 5.54 Å². The Morgan fingerprint density at radius 2 is 1.83 bits per heavy atom. The van der Waals surface area contributed by atoms with Gasteiger partial charge in [-0.3, -0.25) is 9.59 Å². The summed E-state index contributed by atoms with van der Waals surface area (Å²) in [5.41, 5.74) is 6.27. The van der Waals surface area contributed by atoms with Crippen LogP contribution in [0.2, 0.25) is 0 Å². The van der Waals surface area contributed by atoms with E-state index in [9.17, 15) is 14.4 Å². The molecule has 1 atom stereocenters. The number of rotatable bonds is 9. The highest BCUT2D eigenvalue weighted by Crippen LogP contribution is 2.29. The molecule has 0 heterocycles. The third-order valence-corrected chi connectivity index (χ3v) is 5.61. The molecule has 160 valence electrons. The molecule has 1 aromatic rings. The van der Waals surface area contributed by atoms with Crippen LogP contribution in [0.5, 0.6) is 0 Å². The van der Waals surface area contributed by atoms with Gasteiger partial charge in [0.2, 0.25) is 11.8 Å². The van der Waals surface area contributed by atoms with Crippen LogP contribution in [0, 0.1) is 6.92 Å². The summed E-state index contributed by atoms with van der Waals surface area (Å²) < 4.78 is 0. The summed E-state index contributed by atoms with van der Waals surface area (Å²) in [5.74, 6) is -0.367. The van der Waals surface area contributed by atoms with Crippen molar-refractivity contribution < 1.29 is 14.4 Å². The van der Waals surface area contributed by atoms with Crippen LogP contribution in [-0.4, -0.2) is 29.9 Å². The molecule has 1 aliphatic rings. The Balaban J connectivity index is 2.13. The fraction of sp³-hybridized carbons (Fsp3) is 0.591. The zero-order chi connectivity index (χ0) is 21.3. The SMILES string of the molecule is CCCCNC(=O)C1(NC(=O)CC(NC(N)=O)c2ccccc2C)CCCCC1. The standard InChI is InChI=1S/C22H34N4O3/c1-3-4-14-24-20(28)22(12-8-5-9-13-22)26-19(27)15-18(25-21(23)29)17-11-7-6-10-16(17)2/h6-7,10-11,18H,3-5,8-9,12-15H2,1-2H3,(H,24,28)(H,26,27)(H3,23,25,29). The average molecular weight is 403 g/mol. The van der Waals surface area contributed by atoms with Crippen molar-refractivity contribution in [1.29, 1.82) is 0 Å². The molecule has 7 heteroatoms. The Morgan fingerprint density at radius 3 is 2.45 bits per heavy atom. The van der Waals surface area contributed by atoms with Crippen LogP contribution in [-0.2, 0) is 9.59 Å². The monoisotopic (exact) mass is 402 g/mol. The number of amides is 4. The smallest absolute Gasteiger partial charge is 0.312 e. The molecule has 1 fully saturated rings. The third-order valence-electron chi connectivity index (χ3n) is 5.61. The summed E-state index contributed by atoms with van der Waals surface area (Å²) in [6.07, 6.45) is 6.07. The maximum absolute atomic E-state index is 12.9. The number of urea groups is 1. The Hall–Kier alpha value is -2.57. The van der Waals surface area contributed by atoms with Crippen molar-refractivity contribution >= 4 is 17.8 Å². The van der Waals surface area contributed by atoms with Crippen molar-refractivity contribution in [3.8, 4) is 0 Å². The summed E-state index contributed by atoms with van der Waals surface area (Å²) in [4.78, 5) is 37.3. The fourth-order valence-electron chi connectivity index (χ4n) is 4.00. The van der Waals surface area contributed by atoms with E-state index >= 15 is 0 Å². The zero-order valence-electron chi connectivity index (χ0n) is 17.6. The third kappa shape index (κ3) is 6.48. The van der Waals surface area contributed by atoms with E-state index in [1.165, 1.54) is 0 Å². The molecule has 1 saturated carbocycles. The molecule has 4 amide bonds. The second kappa shape index (κ2) is 10.8. The molecule has 1 aliphatic carbocycles. The van der Waals surface area contributed by atoms with E-state index in [1.54, 1.807) is 0 Å². The van der Waals surface area contributed by atoms with Gasteiger partial charge in [0.15, 0.2) is 0 Å². The Kier molecular flexibility index (Phi) is 8.49. The van der Waals surface area contributed by atoms with Crippen LogP contribution < -0.4 is 21.7 Å². The number of carbonyl (C=O) groups is 3. The van der Waals surface area contributed by atoms with Crippen LogP contribution >= 0.6 is 0 Å². The molecule has 0 aromatic heterocycles. The molecule has 7 nitrogen and oxygen atoms in total. The van der Waals surface area contributed by atoms with Gasteiger partial charge in [-0.2, -0.15) is 0 Å². The molecule has 0 saturated heterocycles. The number of hydrogen-bond donors (Lipinski definition) is 4. The average Bonchev–Trinajstić information content (AvgIpc) is 2.68. The van der Waals surface area contributed by atoms with E-state index in [2.05, 4.69) is 22.9 Å². The number of aryl methyl sites for hydroxylation is 1. The first kappa shape index (κ1) is 22.7. The van der Waals surface area contributed by atoms with E-state index in [4.69, 9.17) is 5.73 Å². The van der Waals surface area contributed by atoms with Crippen molar-refractivity contribution in [3.63, 3.8) is 0 Å². The highest BCUT2D eigenvalue weighted by atomic mass is 16.2. The van der Waals surface area contributed by atoms with Crippen LogP contribution in [0.15, 0.2) is 24.3 Å². The lowest BCUT2D eigenvalue weighted by Gasteiger charge is -2.37. The van der Waals surface area contributed by atoms with Crippen molar-refractivity contribution in [1.82, 2.24) is 16.0 Å². The second-order valence-electron chi connectivity index (χ2n) is 7.92. The number of nitrogens with one attached hydrogen (secondary N) is 3. The number of primary amides is 1. The lowest BCUT2D eigenvalue weighted by atomic mass is 9.80. The van der Waals surface area contributed by atoms with E-state index in [0.29, 0.717) is 19.4 Å². The molecule has 0 radical (unpaired) electrons. The van der Waals surface area contributed by atoms with Gasteiger partial charge in [-0.05, 0) is 37.3 Å². The van der Waals surface area contributed by atoms with Gasteiger partial charge in [0.25, 0.3) is 0 Å². The lowest BCUT2D eigenvalue weighted by molar-refractivity contribution is -0.135. The van der Waals surface area contributed by atoms with E-state index in [1.807, 2.05) is 31.2 Å².